The van der Waals surface area contributed by atoms with Gasteiger partial charge in [-0.2, -0.15) is 9.97 Å². The molecule has 2 amide bonds. The summed E-state index contributed by atoms with van der Waals surface area (Å²) in [4.78, 5) is 51.7. The number of fused-ring (bicyclic) bond motifs is 3. The lowest BCUT2D eigenvalue weighted by molar-refractivity contribution is -0.126. The van der Waals surface area contributed by atoms with Crippen LogP contribution < -0.4 is 19.9 Å². The Bertz CT molecular complexity index is 2830. The summed E-state index contributed by atoms with van der Waals surface area (Å²) in [5.74, 6) is 0.382. The molecule has 5 aliphatic heterocycles. The molecule has 7 heterocycles. The van der Waals surface area contributed by atoms with E-state index in [1.54, 1.807) is 23.2 Å². The number of piperazine rings is 1. The summed E-state index contributed by atoms with van der Waals surface area (Å²) in [5.41, 5.74) is 4.37. The maximum atomic E-state index is 17.1. The number of benzene rings is 3. The van der Waals surface area contributed by atoms with E-state index >= 15 is 4.39 Å². The zero-order chi connectivity index (χ0) is 47.6. The largest absolute Gasteiger partial charge is 0.508 e. The minimum Gasteiger partial charge on any atom is -0.508 e. The Morgan fingerprint density at radius 1 is 0.928 bits per heavy atom. The van der Waals surface area contributed by atoms with Crippen LogP contribution in [0.3, 0.4) is 0 Å². The monoisotopic (exact) mass is 938 g/mol. The van der Waals surface area contributed by atoms with E-state index in [4.69, 9.17) is 14.7 Å². The zero-order valence-electron chi connectivity index (χ0n) is 40.0. The third-order valence-corrected chi connectivity index (χ3v) is 15.9. The van der Waals surface area contributed by atoms with Crippen molar-refractivity contribution < 1.29 is 28.9 Å². The summed E-state index contributed by atoms with van der Waals surface area (Å²) >= 11 is 0. The minimum absolute atomic E-state index is 0.0152. The number of likely N-dealkylation sites (tertiary alicyclic amines) is 1. The van der Waals surface area contributed by atoms with Crippen LogP contribution in [0.25, 0.3) is 32.9 Å². The number of aryl methyl sites for hydroxylation is 1. The van der Waals surface area contributed by atoms with Gasteiger partial charge < -0.3 is 39.9 Å². The lowest BCUT2D eigenvalue weighted by Crippen LogP contribution is -2.49. The number of amides is 2. The number of nitrogens with one attached hydrogen (secondary N) is 1. The number of allylic oxidation sites excluding steroid dienone is 1. The van der Waals surface area contributed by atoms with Crippen molar-refractivity contribution in [1.82, 2.24) is 35.0 Å². The van der Waals surface area contributed by atoms with E-state index < -0.39 is 17.5 Å². The molecule has 0 radical (unpaired) electrons. The normalized spacial score (nSPS) is 23.5. The fraction of sp³-hybridized carbons (Fsp3) is 0.500. The number of carbonyl (C=O) groups excluding carboxylic acids is 2. The van der Waals surface area contributed by atoms with Gasteiger partial charge >= 0.3 is 6.01 Å². The number of aromatic hydroxyl groups is 1. The molecule has 2 atom stereocenters. The average molecular weight is 938 g/mol. The first kappa shape index (κ1) is 45.5. The summed E-state index contributed by atoms with van der Waals surface area (Å²) < 4.78 is 23.6. The summed E-state index contributed by atoms with van der Waals surface area (Å²) in [6.45, 7) is 17.7. The van der Waals surface area contributed by atoms with E-state index in [-0.39, 0.29) is 40.2 Å². The van der Waals surface area contributed by atoms with Crippen LogP contribution in [0.1, 0.15) is 86.7 Å². The standard InChI is InChI=1S/C54H64FN9O5/c1-4-36-7-5-8-37-26-40(65)27-42(45(36)37)47-46(55)48-43(28-56-47)49(63-18-6-15-53(3,68)31-63)59-52(58-48)69-33-54(16-17-54)32-61-19-13-35(14-20-61)29-60-21-23-62(24-22-60)39-10-11-41-38(25-39)30-64(51(41)67)44-12-9-34(2)57-50(44)66/h5,7-8,10-11,25-28,35,44,65,68H,2,4,6,9,12-24,29-33H2,1,3H3,(H,57,66)/t44-,53+/m0/s1. The highest BCUT2D eigenvalue weighted by molar-refractivity contribution is 6.03. The number of ether oxygens (including phenoxy) is 1. The number of aromatic nitrogens is 3. The first-order valence-electron chi connectivity index (χ1n) is 25.2. The molecule has 11 rings (SSSR count). The number of anilines is 2. The van der Waals surface area contributed by atoms with Crippen molar-refractivity contribution >= 4 is 45.0 Å². The number of nitrogens with zero attached hydrogens (tertiary/aromatic N) is 8. The van der Waals surface area contributed by atoms with E-state index in [0.29, 0.717) is 79.4 Å². The van der Waals surface area contributed by atoms with Gasteiger partial charge in [-0.3, -0.25) is 19.5 Å². The molecule has 69 heavy (non-hydrogen) atoms. The number of halogens is 1. The topological polar surface area (TPSA) is 151 Å². The predicted octanol–water partition coefficient (Wildman–Crippen LogP) is 7.04. The Balaban J connectivity index is 0.717. The number of hydrogen-bond donors (Lipinski definition) is 3. The van der Waals surface area contributed by atoms with Crippen LogP contribution in [0.15, 0.2) is 67.0 Å². The van der Waals surface area contributed by atoms with Gasteiger partial charge in [-0.1, -0.05) is 31.7 Å². The Labute approximate surface area is 403 Å². The quantitative estimate of drug-likeness (QED) is 0.118. The van der Waals surface area contributed by atoms with Gasteiger partial charge in [0.25, 0.3) is 5.91 Å². The molecule has 4 saturated heterocycles. The van der Waals surface area contributed by atoms with E-state index in [0.717, 1.165) is 118 Å². The van der Waals surface area contributed by atoms with Crippen molar-refractivity contribution in [1.29, 1.82) is 0 Å². The van der Waals surface area contributed by atoms with Gasteiger partial charge in [-0.25, -0.2) is 4.39 Å². The third kappa shape index (κ3) is 9.09. The van der Waals surface area contributed by atoms with Gasteiger partial charge in [0.05, 0.1) is 17.6 Å². The van der Waals surface area contributed by atoms with Crippen LogP contribution in [-0.4, -0.2) is 135 Å². The van der Waals surface area contributed by atoms with E-state index in [1.807, 2.05) is 36.1 Å². The second-order valence-electron chi connectivity index (χ2n) is 21.1. The molecule has 14 nitrogen and oxygen atoms in total. The molecule has 0 spiro atoms. The first-order valence-corrected chi connectivity index (χ1v) is 25.2. The molecule has 5 fully saturated rings. The number of pyridine rings is 1. The van der Waals surface area contributed by atoms with Crippen molar-refractivity contribution in [2.45, 2.75) is 89.8 Å². The molecule has 0 bridgehead atoms. The average Bonchev–Trinajstić information content (AvgIpc) is 4.03. The Morgan fingerprint density at radius 3 is 2.49 bits per heavy atom. The predicted molar refractivity (Wildman–Crippen MR) is 265 cm³/mol. The molecule has 3 N–H and O–H groups in total. The van der Waals surface area contributed by atoms with Crippen LogP contribution in [0.5, 0.6) is 11.8 Å². The van der Waals surface area contributed by atoms with Crippen LogP contribution in [0.4, 0.5) is 15.9 Å². The fourth-order valence-electron chi connectivity index (χ4n) is 11.8. The van der Waals surface area contributed by atoms with Crippen LogP contribution in [0, 0.1) is 17.2 Å². The smallest absolute Gasteiger partial charge is 0.319 e. The highest BCUT2D eigenvalue weighted by Crippen LogP contribution is 2.47. The molecule has 2 aromatic heterocycles. The van der Waals surface area contributed by atoms with Crippen LogP contribution in [0.2, 0.25) is 0 Å². The number of β-amino-alcohol motifs (C(OH)–C–C–N with tert-alkyl or cyclic N) is 1. The van der Waals surface area contributed by atoms with E-state index in [9.17, 15) is 19.8 Å². The molecule has 0 unspecified atom stereocenters. The number of hydrogen-bond acceptors (Lipinski definition) is 12. The molecule has 3 aromatic carbocycles. The van der Waals surface area contributed by atoms with Gasteiger partial charge in [-0.15, -0.1) is 0 Å². The molecular formula is C54H64FN9O5. The van der Waals surface area contributed by atoms with Gasteiger partial charge in [0, 0.05) is 93.0 Å². The number of aliphatic hydroxyl groups is 1. The second-order valence-corrected chi connectivity index (χ2v) is 21.1. The third-order valence-electron chi connectivity index (χ3n) is 15.9. The van der Waals surface area contributed by atoms with E-state index in [1.165, 1.54) is 0 Å². The van der Waals surface area contributed by atoms with Crippen LogP contribution >= 0.6 is 0 Å². The second kappa shape index (κ2) is 18.1. The molecule has 1 aliphatic carbocycles. The Kier molecular flexibility index (Phi) is 12.0. The number of phenols is 1. The minimum atomic E-state index is -0.924. The van der Waals surface area contributed by atoms with Crippen molar-refractivity contribution in [3.05, 3.63) is 89.5 Å². The van der Waals surface area contributed by atoms with Crippen LogP contribution in [-0.2, 0) is 17.8 Å². The van der Waals surface area contributed by atoms with Gasteiger partial charge in [0.2, 0.25) is 5.91 Å². The molecule has 15 heteroatoms. The SMILES string of the molecule is C=C1CC[C@H](N2Cc3cc(N4CCN(CC5CCN(CC6(COc7nc(N8CCC[C@@](C)(O)C8)c8cnc(-c9cc(O)cc%10cccc(CC)c9%10)c(F)c8n7)CC6)CC5)CC4)ccc3C2=O)C(=O)N1. The van der Waals surface area contributed by atoms with Crippen molar-refractivity contribution in [2.75, 3.05) is 81.9 Å². The number of piperidine rings is 3. The maximum Gasteiger partial charge on any atom is 0.319 e. The molecule has 5 aromatic rings. The summed E-state index contributed by atoms with van der Waals surface area (Å²) in [7, 11) is 0. The Morgan fingerprint density at radius 2 is 1.74 bits per heavy atom. The summed E-state index contributed by atoms with van der Waals surface area (Å²) in [5, 5.41) is 26.8. The summed E-state index contributed by atoms with van der Waals surface area (Å²) in [6, 6.07) is 15.0. The fourth-order valence-corrected chi connectivity index (χ4v) is 11.8. The lowest BCUT2D eigenvalue weighted by Gasteiger charge is -2.40. The van der Waals surface area contributed by atoms with E-state index in [2.05, 4.69) is 50.6 Å². The maximum absolute atomic E-state index is 17.1. The van der Waals surface area contributed by atoms with Crippen molar-refractivity contribution in [3.63, 3.8) is 0 Å². The van der Waals surface area contributed by atoms with Crippen molar-refractivity contribution in [3.8, 4) is 23.0 Å². The lowest BCUT2D eigenvalue weighted by atomic mass is 9.94. The summed E-state index contributed by atoms with van der Waals surface area (Å²) in [6.07, 6.45) is 9.48. The number of phenolic OH excluding ortho intramolecular Hbond substituents is 1. The number of carbonyl (C=O) groups is 2. The highest BCUT2D eigenvalue weighted by atomic mass is 19.1. The van der Waals surface area contributed by atoms with Crippen molar-refractivity contribution in [2.24, 2.45) is 11.3 Å². The molecule has 1 saturated carbocycles. The highest BCUT2D eigenvalue weighted by Gasteiger charge is 2.46. The molecule has 6 aliphatic rings. The zero-order valence-corrected chi connectivity index (χ0v) is 40.0. The number of rotatable bonds is 12. The van der Waals surface area contributed by atoms with Gasteiger partial charge in [0.15, 0.2) is 5.82 Å². The molecular weight excluding hydrogens is 874 g/mol. The molecule has 362 valence electrons. The Hall–Kier alpha value is -5.90. The van der Waals surface area contributed by atoms with Gasteiger partial charge in [-0.05, 0) is 136 Å². The van der Waals surface area contributed by atoms with Gasteiger partial charge in [0.1, 0.15) is 28.8 Å². The first-order chi connectivity index (χ1) is 33.3.